The lowest BCUT2D eigenvalue weighted by atomic mass is 10.1. The number of hydrogen-bond acceptors (Lipinski definition) is 5. The van der Waals surface area contributed by atoms with Crippen LogP contribution >= 0.6 is 0 Å². The fourth-order valence-electron chi connectivity index (χ4n) is 1.91. The lowest BCUT2D eigenvalue weighted by Crippen LogP contribution is -2.00. The Kier molecular flexibility index (Phi) is 3.01. The Bertz CT molecular complexity index is 725. The summed E-state index contributed by atoms with van der Waals surface area (Å²) in [5.41, 5.74) is 0.684. The lowest BCUT2D eigenvalue weighted by molar-refractivity contribution is 0.0603. The Morgan fingerprint density at radius 1 is 1.32 bits per heavy atom. The Morgan fingerprint density at radius 3 is 2.47 bits per heavy atom. The van der Waals surface area contributed by atoms with E-state index in [0.717, 1.165) is 0 Å². The van der Waals surface area contributed by atoms with E-state index < -0.39 is 5.97 Å². The maximum absolute atomic E-state index is 11.8. The molecule has 6 nitrogen and oxygen atoms in total. The van der Waals surface area contributed by atoms with Crippen molar-refractivity contribution < 1.29 is 14.6 Å². The Morgan fingerprint density at radius 2 is 1.95 bits per heavy atom. The monoisotopic (exact) mass is 254 g/mol. The number of nitrogens with zero attached hydrogens (tertiary/aromatic N) is 3. The van der Waals surface area contributed by atoms with Crippen LogP contribution in [0.25, 0.3) is 16.1 Å². The minimum Gasteiger partial charge on any atom is -0.508 e. The van der Waals surface area contributed by atoms with Crippen LogP contribution < -0.4 is 0 Å². The molecule has 0 aromatic rings. The summed E-state index contributed by atoms with van der Waals surface area (Å²) in [6.45, 7) is 0. The second-order valence-corrected chi connectivity index (χ2v) is 3.72. The molecular weight excluding hydrogens is 246 g/mol. The van der Waals surface area contributed by atoms with Crippen molar-refractivity contribution in [3.8, 4) is 22.9 Å². The molecule has 0 heterocycles. The smallest absolute Gasteiger partial charge is 0.418 e. The maximum Gasteiger partial charge on any atom is 0.418 e. The van der Waals surface area contributed by atoms with Crippen LogP contribution in [-0.4, -0.2) is 18.2 Å². The van der Waals surface area contributed by atoms with Crippen LogP contribution in [0.3, 0.4) is 0 Å². The topological polar surface area (TPSA) is 98.5 Å². The maximum atomic E-state index is 11.8. The average Bonchev–Trinajstić information content (AvgIpc) is 2.61. The average molecular weight is 254 g/mol. The van der Waals surface area contributed by atoms with Crippen molar-refractivity contribution in [3.63, 3.8) is 0 Å². The van der Waals surface area contributed by atoms with Gasteiger partial charge in [0.05, 0.1) is 7.11 Å². The van der Waals surface area contributed by atoms with Crippen molar-refractivity contribution in [1.82, 2.24) is 0 Å². The van der Waals surface area contributed by atoms with Gasteiger partial charge in [-0.2, -0.15) is 5.26 Å². The van der Waals surface area contributed by atoms with Gasteiger partial charge in [0.2, 0.25) is 5.39 Å². The minimum absolute atomic E-state index is 0.00727. The van der Waals surface area contributed by atoms with E-state index in [1.54, 1.807) is 0 Å². The largest absolute Gasteiger partial charge is 0.508 e. The number of carbonyl (C=O) groups excluding carboxylic acids is 1. The third kappa shape index (κ3) is 1.81. The number of aromatic hydroxyl groups is 1. The summed E-state index contributed by atoms with van der Waals surface area (Å²) in [5.74, 6) is -0.733. The summed E-state index contributed by atoms with van der Waals surface area (Å²) in [6, 6.07) is 7.57. The van der Waals surface area contributed by atoms with Crippen LogP contribution in [0.15, 0.2) is 24.3 Å². The second-order valence-electron chi connectivity index (χ2n) is 3.72. The lowest BCUT2D eigenvalue weighted by Gasteiger charge is -1.96. The molecule has 0 aliphatic heterocycles. The van der Waals surface area contributed by atoms with E-state index >= 15 is 0 Å². The molecule has 1 N–H and O–H groups in total. The fourth-order valence-corrected chi connectivity index (χ4v) is 1.91. The highest BCUT2D eigenvalue weighted by Crippen LogP contribution is 2.42. The SMILES string of the molecule is COC(=O)c1c2ccc(O)ccc-2c(C#N)c1[N+]#N. The summed E-state index contributed by atoms with van der Waals surface area (Å²) in [6.07, 6.45) is 0. The second kappa shape index (κ2) is 4.63. The van der Waals surface area contributed by atoms with Crippen molar-refractivity contribution >= 4 is 11.7 Å². The summed E-state index contributed by atoms with van der Waals surface area (Å²) in [7, 11) is 1.19. The zero-order chi connectivity index (χ0) is 14.0. The van der Waals surface area contributed by atoms with E-state index in [4.69, 9.17) is 10.7 Å². The van der Waals surface area contributed by atoms with Crippen molar-refractivity contribution in [2.24, 2.45) is 0 Å². The van der Waals surface area contributed by atoms with E-state index in [2.05, 4.69) is 9.71 Å². The van der Waals surface area contributed by atoms with Crippen molar-refractivity contribution in [1.29, 1.82) is 10.7 Å². The number of esters is 1. The van der Waals surface area contributed by atoms with Crippen molar-refractivity contribution in [2.45, 2.75) is 0 Å². The summed E-state index contributed by atoms with van der Waals surface area (Å²) < 4.78 is 4.62. The summed E-state index contributed by atoms with van der Waals surface area (Å²) >= 11 is 0. The predicted octanol–water partition coefficient (Wildman–Crippen LogP) is 2.64. The third-order valence-corrected chi connectivity index (χ3v) is 2.75. The van der Waals surface area contributed by atoms with Gasteiger partial charge in [-0.25, -0.2) is 4.79 Å². The van der Waals surface area contributed by atoms with Gasteiger partial charge in [0.25, 0.3) is 0 Å². The van der Waals surface area contributed by atoms with Gasteiger partial charge < -0.3 is 9.84 Å². The Hall–Kier alpha value is -3.12. The summed E-state index contributed by atoms with van der Waals surface area (Å²) in [4.78, 5) is 14.8. The zero-order valence-electron chi connectivity index (χ0n) is 9.91. The summed E-state index contributed by atoms with van der Waals surface area (Å²) in [5, 5.41) is 27.6. The van der Waals surface area contributed by atoms with Crippen LogP contribution in [-0.2, 0) is 4.74 Å². The van der Waals surface area contributed by atoms with Crippen LogP contribution in [0.1, 0.15) is 15.9 Å². The first-order valence-corrected chi connectivity index (χ1v) is 5.26. The predicted molar refractivity (Wildman–Crippen MR) is 65.5 cm³/mol. The van der Waals surface area contributed by atoms with Crippen LogP contribution in [0.2, 0.25) is 0 Å². The molecule has 0 spiro atoms. The van der Waals surface area contributed by atoms with Gasteiger partial charge in [0.1, 0.15) is 11.8 Å². The molecule has 0 aromatic carbocycles. The fraction of sp³-hybridized carbons (Fsp3) is 0.0769. The van der Waals surface area contributed by atoms with E-state index in [1.807, 2.05) is 6.07 Å². The molecule has 0 saturated carbocycles. The van der Waals surface area contributed by atoms with Crippen molar-refractivity contribution in [2.75, 3.05) is 7.11 Å². The zero-order valence-corrected chi connectivity index (χ0v) is 9.91. The van der Waals surface area contributed by atoms with Gasteiger partial charge in [-0.15, -0.1) is 0 Å². The highest BCUT2D eigenvalue weighted by Gasteiger charge is 2.36. The van der Waals surface area contributed by atoms with Crippen LogP contribution in [0.5, 0.6) is 5.75 Å². The number of hydrogen-bond donors (Lipinski definition) is 1. The first kappa shape index (κ1) is 12.3. The first-order chi connectivity index (χ1) is 9.13. The molecule has 0 bridgehead atoms. The number of methoxy groups -OCH3 is 1. The van der Waals surface area contributed by atoms with Gasteiger partial charge in [0, 0.05) is 11.1 Å². The molecule has 0 unspecified atom stereocenters. The van der Waals surface area contributed by atoms with E-state index in [9.17, 15) is 9.90 Å². The first-order valence-electron chi connectivity index (χ1n) is 5.26. The number of ether oxygens (including phenoxy) is 1. The molecule has 0 aromatic heterocycles. The molecule has 2 aliphatic carbocycles. The van der Waals surface area contributed by atoms with Crippen LogP contribution in [0.4, 0.5) is 5.69 Å². The number of rotatable bonds is 1. The Labute approximate surface area is 108 Å². The van der Waals surface area contributed by atoms with Gasteiger partial charge in [-0.05, 0) is 24.3 Å². The van der Waals surface area contributed by atoms with Gasteiger partial charge in [-0.3, -0.25) is 0 Å². The third-order valence-electron chi connectivity index (χ3n) is 2.75. The molecule has 0 fully saturated rings. The molecule has 92 valence electrons. The van der Waals surface area contributed by atoms with Gasteiger partial charge in [-0.1, -0.05) is 0 Å². The van der Waals surface area contributed by atoms with Gasteiger partial charge in [0.15, 0.2) is 16.1 Å². The standard InChI is InChI=1S/C13H7N3O3/c1-19-13(18)11-9-5-3-7(17)2-4-8(9)10(6-14)12(11)16-15/h2-5H,1H3/p+1. The number of carbonyl (C=O) groups is 1. The molecule has 6 heteroatoms. The molecule has 0 atom stereocenters. The highest BCUT2D eigenvalue weighted by molar-refractivity contribution is 6.08. The van der Waals surface area contributed by atoms with Gasteiger partial charge >= 0.3 is 11.7 Å². The highest BCUT2D eigenvalue weighted by atomic mass is 16.5. The molecule has 0 amide bonds. The quantitative estimate of drug-likeness (QED) is 0.623. The molecular formula is C13H8N3O3+. The molecule has 0 radical (unpaired) electrons. The minimum atomic E-state index is -0.718. The molecule has 2 rings (SSSR count). The van der Waals surface area contributed by atoms with Crippen LogP contribution in [0, 0.1) is 16.7 Å². The van der Waals surface area contributed by atoms with E-state index in [0.29, 0.717) is 11.1 Å². The Balaban J connectivity index is 2.94. The molecule has 2 aliphatic rings. The van der Waals surface area contributed by atoms with Crippen molar-refractivity contribution in [3.05, 3.63) is 40.4 Å². The van der Waals surface area contributed by atoms with E-state index in [1.165, 1.54) is 31.4 Å². The molecule has 0 saturated heterocycles. The number of nitriles is 1. The number of diazo groups is 1. The number of fused-ring (bicyclic) bond motifs is 1. The normalized spacial score (nSPS) is 9.63. The van der Waals surface area contributed by atoms with E-state index in [-0.39, 0.29) is 22.6 Å². The molecule has 19 heavy (non-hydrogen) atoms.